The van der Waals surface area contributed by atoms with Gasteiger partial charge in [-0.05, 0) is 12.8 Å². The molecule has 0 aromatic carbocycles. The van der Waals surface area contributed by atoms with Gasteiger partial charge in [0.1, 0.15) is 13.2 Å². The zero-order chi connectivity index (χ0) is 32.8. The highest BCUT2D eigenvalue weighted by molar-refractivity contribution is 7.45. The highest BCUT2D eigenvalue weighted by Crippen LogP contribution is 2.38. The van der Waals surface area contributed by atoms with Crippen molar-refractivity contribution in [2.45, 2.75) is 168 Å². The number of amides is 1. The summed E-state index contributed by atoms with van der Waals surface area (Å²) in [6, 6.07) is 0. The van der Waals surface area contributed by atoms with Crippen LogP contribution >= 0.6 is 7.82 Å². The molecule has 0 aliphatic carbocycles. The summed E-state index contributed by atoms with van der Waals surface area (Å²) in [5, 5.41) is 2.93. The summed E-state index contributed by atoms with van der Waals surface area (Å²) >= 11 is 0. The van der Waals surface area contributed by atoms with E-state index in [9.17, 15) is 14.3 Å². The van der Waals surface area contributed by atoms with E-state index in [1.165, 1.54) is 116 Å². The molecule has 0 radical (unpaired) electrons. The SMILES string of the molecule is CCCCCCCCCCCCCCCCCC(=O)NCC(COP(=O)([O-])OCC[N+](C)(C)C)OCCCCCCCCC. The smallest absolute Gasteiger partial charge is 0.268 e. The molecular formula is C35H73N2O6P. The second kappa shape index (κ2) is 29.9. The monoisotopic (exact) mass is 649 g/mol. The minimum Gasteiger partial charge on any atom is -0.756 e. The van der Waals surface area contributed by atoms with Gasteiger partial charge in [-0.3, -0.25) is 9.36 Å². The maximum Gasteiger partial charge on any atom is 0.268 e. The van der Waals surface area contributed by atoms with Crippen LogP contribution < -0.4 is 10.2 Å². The maximum atomic E-state index is 12.5. The second-order valence-corrected chi connectivity index (χ2v) is 15.1. The van der Waals surface area contributed by atoms with Gasteiger partial charge in [0.05, 0.1) is 33.9 Å². The largest absolute Gasteiger partial charge is 0.756 e. The van der Waals surface area contributed by atoms with E-state index in [2.05, 4.69) is 19.2 Å². The summed E-state index contributed by atoms with van der Waals surface area (Å²) in [5.74, 6) is -0.0197. The summed E-state index contributed by atoms with van der Waals surface area (Å²) in [7, 11) is 1.46. The van der Waals surface area contributed by atoms with Gasteiger partial charge in [-0.15, -0.1) is 0 Å². The molecule has 0 aromatic rings. The number of ether oxygens (including phenoxy) is 1. The summed E-state index contributed by atoms with van der Waals surface area (Å²) in [4.78, 5) is 24.7. The molecule has 0 saturated carbocycles. The summed E-state index contributed by atoms with van der Waals surface area (Å²) in [5.41, 5.74) is 0. The number of unbranched alkanes of at least 4 members (excludes halogenated alkanes) is 20. The molecule has 0 bridgehead atoms. The van der Waals surface area contributed by atoms with E-state index < -0.39 is 13.9 Å². The third-order valence-electron chi connectivity index (χ3n) is 8.07. The number of nitrogens with zero attached hydrogens (tertiary/aromatic N) is 1. The zero-order valence-electron chi connectivity index (χ0n) is 29.7. The highest BCUT2D eigenvalue weighted by Gasteiger charge is 2.18. The Balaban J connectivity index is 4.15. The average Bonchev–Trinajstić information content (AvgIpc) is 2.96. The number of hydrogen-bond acceptors (Lipinski definition) is 6. The normalized spacial score (nSPS) is 14.0. The Hall–Kier alpha value is -0.500. The molecule has 0 rings (SSSR count). The van der Waals surface area contributed by atoms with E-state index in [1.54, 1.807) is 0 Å². The van der Waals surface area contributed by atoms with Gasteiger partial charge in [-0.25, -0.2) is 0 Å². The number of hydrogen-bond donors (Lipinski definition) is 1. The number of carbonyl (C=O) groups is 1. The molecule has 0 heterocycles. The molecule has 0 aromatic heterocycles. The first kappa shape index (κ1) is 43.5. The van der Waals surface area contributed by atoms with Crippen LogP contribution in [0.4, 0.5) is 0 Å². The number of phosphoric acid groups is 1. The van der Waals surface area contributed by atoms with Crippen molar-refractivity contribution < 1.29 is 32.5 Å². The maximum absolute atomic E-state index is 12.5. The molecule has 0 spiro atoms. The van der Waals surface area contributed by atoms with Crippen molar-refractivity contribution in [2.75, 3.05) is 54.1 Å². The molecule has 264 valence electrons. The van der Waals surface area contributed by atoms with Crippen LogP contribution in [0.2, 0.25) is 0 Å². The number of likely N-dealkylation sites (N-methyl/N-ethyl adjacent to an activating group) is 1. The lowest BCUT2D eigenvalue weighted by atomic mass is 10.0. The highest BCUT2D eigenvalue weighted by atomic mass is 31.2. The lowest BCUT2D eigenvalue weighted by molar-refractivity contribution is -0.870. The molecule has 1 amide bonds. The van der Waals surface area contributed by atoms with Crippen LogP contribution in [0.25, 0.3) is 0 Å². The van der Waals surface area contributed by atoms with Crippen LogP contribution in [-0.4, -0.2) is 70.5 Å². The van der Waals surface area contributed by atoms with Crippen LogP contribution in [0, 0.1) is 0 Å². The predicted octanol–water partition coefficient (Wildman–Crippen LogP) is 8.71. The van der Waals surface area contributed by atoms with Gasteiger partial charge in [-0.2, -0.15) is 0 Å². The summed E-state index contributed by atoms with van der Waals surface area (Å²) in [6.45, 7) is 5.67. The van der Waals surface area contributed by atoms with Gasteiger partial charge in [0.15, 0.2) is 0 Å². The summed E-state index contributed by atoms with van der Waals surface area (Å²) < 4.78 is 29.0. The van der Waals surface area contributed by atoms with Crippen molar-refractivity contribution in [3.05, 3.63) is 0 Å². The Labute approximate surface area is 273 Å². The quantitative estimate of drug-likeness (QED) is 0.0426. The van der Waals surface area contributed by atoms with Crippen molar-refractivity contribution in [3.8, 4) is 0 Å². The molecular weight excluding hydrogens is 575 g/mol. The number of quaternary nitrogens is 1. The van der Waals surface area contributed by atoms with Crippen LogP contribution in [0.15, 0.2) is 0 Å². The fourth-order valence-corrected chi connectivity index (χ4v) is 5.81. The number of nitrogens with one attached hydrogen (secondary N) is 1. The minimum atomic E-state index is -4.44. The number of rotatable bonds is 34. The van der Waals surface area contributed by atoms with Gasteiger partial charge in [0.25, 0.3) is 7.82 Å². The van der Waals surface area contributed by atoms with E-state index in [1.807, 2.05) is 21.1 Å². The van der Waals surface area contributed by atoms with Crippen molar-refractivity contribution in [2.24, 2.45) is 0 Å². The Morgan fingerprint density at radius 1 is 0.659 bits per heavy atom. The summed E-state index contributed by atoms with van der Waals surface area (Å²) in [6.07, 6.45) is 27.6. The third-order valence-corrected chi connectivity index (χ3v) is 9.03. The lowest BCUT2D eigenvalue weighted by Crippen LogP contribution is -2.38. The van der Waals surface area contributed by atoms with E-state index in [0.29, 0.717) is 24.1 Å². The second-order valence-electron chi connectivity index (χ2n) is 13.7. The zero-order valence-corrected chi connectivity index (χ0v) is 30.6. The van der Waals surface area contributed by atoms with Gasteiger partial charge in [-0.1, -0.05) is 142 Å². The van der Waals surface area contributed by atoms with Gasteiger partial charge in [0.2, 0.25) is 5.91 Å². The lowest BCUT2D eigenvalue weighted by Gasteiger charge is -2.28. The molecule has 44 heavy (non-hydrogen) atoms. The van der Waals surface area contributed by atoms with Crippen LogP contribution in [0.5, 0.6) is 0 Å². The fraction of sp³-hybridized carbons (Fsp3) is 0.971. The molecule has 8 nitrogen and oxygen atoms in total. The van der Waals surface area contributed by atoms with Crippen molar-refractivity contribution >= 4 is 13.7 Å². The molecule has 2 atom stereocenters. The Morgan fingerprint density at radius 2 is 1.09 bits per heavy atom. The first-order valence-electron chi connectivity index (χ1n) is 18.4. The molecule has 0 aliphatic heterocycles. The van der Waals surface area contributed by atoms with Crippen molar-refractivity contribution in [3.63, 3.8) is 0 Å². The third kappa shape index (κ3) is 32.9. The van der Waals surface area contributed by atoms with E-state index in [-0.39, 0.29) is 25.7 Å². The van der Waals surface area contributed by atoms with Gasteiger partial charge in [0, 0.05) is 19.6 Å². The van der Waals surface area contributed by atoms with Gasteiger partial charge >= 0.3 is 0 Å². The molecule has 0 saturated heterocycles. The van der Waals surface area contributed by atoms with E-state index in [0.717, 1.165) is 25.7 Å². The standard InChI is InChI=1S/C35H73N2O6P/c1-6-8-10-12-14-15-16-17-18-19-20-21-22-24-26-28-35(38)36-32-34(41-30-27-25-23-13-11-9-7-2)33-43-44(39,40)42-31-29-37(3,4)5/h34H,6-33H2,1-5H3,(H-,36,38,39,40). The van der Waals surface area contributed by atoms with E-state index in [4.69, 9.17) is 13.8 Å². The Kier molecular flexibility index (Phi) is 29.5. The van der Waals surface area contributed by atoms with Crippen LogP contribution in [0.1, 0.15) is 162 Å². The first-order chi connectivity index (χ1) is 21.1. The average molecular weight is 649 g/mol. The van der Waals surface area contributed by atoms with E-state index >= 15 is 0 Å². The molecule has 1 N–H and O–H groups in total. The predicted molar refractivity (Wildman–Crippen MR) is 183 cm³/mol. The molecule has 9 heteroatoms. The van der Waals surface area contributed by atoms with Crippen LogP contribution in [-0.2, 0) is 23.1 Å². The topological polar surface area (TPSA) is 96.9 Å². The Bertz CT molecular complexity index is 689. The fourth-order valence-electron chi connectivity index (χ4n) is 5.09. The number of phosphoric ester groups is 1. The first-order valence-corrected chi connectivity index (χ1v) is 19.8. The molecule has 0 fully saturated rings. The minimum absolute atomic E-state index is 0.0197. The van der Waals surface area contributed by atoms with Crippen molar-refractivity contribution in [1.29, 1.82) is 0 Å². The molecule has 2 unspecified atom stereocenters. The van der Waals surface area contributed by atoms with Gasteiger partial charge < -0.3 is 28.5 Å². The van der Waals surface area contributed by atoms with Crippen molar-refractivity contribution in [1.82, 2.24) is 5.32 Å². The number of carbonyl (C=O) groups excluding carboxylic acids is 1. The Morgan fingerprint density at radius 3 is 1.55 bits per heavy atom. The molecule has 0 aliphatic rings. The van der Waals surface area contributed by atoms with Crippen LogP contribution in [0.3, 0.4) is 0 Å².